The largest absolute Gasteiger partial charge is 0.480 e. The number of carbonyl (C=O) groups is 2. The number of aliphatic hydroxyl groups is 1. The third-order valence-electron chi connectivity index (χ3n) is 2.47. The van der Waals surface area contributed by atoms with E-state index in [1.54, 1.807) is 5.38 Å². The molecule has 0 saturated carbocycles. The van der Waals surface area contributed by atoms with E-state index in [1.807, 2.05) is 0 Å². The number of likely N-dealkylation sites (tertiary alicyclic amines) is 1. The number of nitrogens with zero attached hydrogens (tertiary/aromatic N) is 2. The molecule has 8 heteroatoms. The average molecular weight is 257 g/mol. The smallest absolute Gasteiger partial charge is 0.326 e. The lowest BCUT2D eigenvalue weighted by molar-refractivity contribution is -0.141. The van der Waals surface area contributed by atoms with E-state index < -0.39 is 24.1 Å². The molecule has 0 bridgehead atoms. The summed E-state index contributed by atoms with van der Waals surface area (Å²) in [4.78, 5) is 27.7. The van der Waals surface area contributed by atoms with E-state index >= 15 is 0 Å². The molecule has 0 spiro atoms. The number of thiazole rings is 1. The molecule has 0 radical (unpaired) electrons. The topological polar surface area (TPSA) is 103 Å². The van der Waals surface area contributed by atoms with Gasteiger partial charge in [0.15, 0.2) is 5.13 Å². The fraction of sp³-hybridized carbons (Fsp3) is 0.444. The van der Waals surface area contributed by atoms with Crippen LogP contribution < -0.4 is 5.32 Å². The number of carboxylic acids is 1. The van der Waals surface area contributed by atoms with E-state index in [9.17, 15) is 14.7 Å². The van der Waals surface area contributed by atoms with Crippen molar-refractivity contribution in [2.45, 2.75) is 18.6 Å². The van der Waals surface area contributed by atoms with Crippen molar-refractivity contribution in [2.24, 2.45) is 0 Å². The van der Waals surface area contributed by atoms with Gasteiger partial charge < -0.3 is 15.1 Å². The molecule has 2 amide bonds. The van der Waals surface area contributed by atoms with Crippen LogP contribution in [-0.2, 0) is 4.79 Å². The van der Waals surface area contributed by atoms with Gasteiger partial charge in [0.2, 0.25) is 0 Å². The number of rotatable bonds is 2. The van der Waals surface area contributed by atoms with Crippen molar-refractivity contribution in [1.82, 2.24) is 9.88 Å². The number of hydrogen-bond donors (Lipinski definition) is 3. The Morgan fingerprint density at radius 3 is 2.94 bits per heavy atom. The van der Waals surface area contributed by atoms with Gasteiger partial charge in [-0.3, -0.25) is 5.32 Å². The highest BCUT2D eigenvalue weighted by Gasteiger charge is 2.39. The molecule has 1 aliphatic heterocycles. The fourth-order valence-corrected chi connectivity index (χ4v) is 2.24. The summed E-state index contributed by atoms with van der Waals surface area (Å²) in [5.41, 5.74) is 0. The maximum atomic E-state index is 11.8. The van der Waals surface area contributed by atoms with Crippen molar-refractivity contribution in [3.05, 3.63) is 11.6 Å². The minimum absolute atomic E-state index is 0.0220. The Hall–Kier alpha value is -1.67. The van der Waals surface area contributed by atoms with Crippen LogP contribution in [0.3, 0.4) is 0 Å². The monoisotopic (exact) mass is 257 g/mol. The molecule has 1 fully saturated rings. The van der Waals surface area contributed by atoms with Crippen LogP contribution in [0, 0.1) is 0 Å². The number of anilines is 1. The standard InChI is InChI=1S/C9H11N3O4S/c13-5-3-6(7(14)15)12(4-5)9(16)11-8-10-1-2-17-8/h1-2,5-6,13H,3-4H2,(H,14,15)(H,10,11,16)/t5-,6+/m1/s1. The number of carbonyl (C=O) groups excluding carboxylic acids is 1. The van der Waals surface area contributed by atoms with Crippen LogP contribution >= 0.6 is 11.3 Å². The Balaban J connectivity index is 2.05. The maximum absolute atomic E-state index is 11.8. The Morgan fingerprint density at radius 1 is 1.59 bits per heavy atom. The Labute approximate surface area is 101 Å². The molecule has 0 aromatic carbocycles. The normalized spacial score (nSPS) is 23.7. The molecule has 1 aromatic heterocycles. The summed E-state index contributed by atoms with van der Waals surface area (Å²) in [7, 11) is 0. The van der Waals surface area contributed by atoms with Crippen molar-refractivity contribution >= 4 is 28.5 Å². The van der Waals surface area contributed by atoms with Gasteiger partial charge in [0, 0.05) is 24.5 Å². The first-order valence-electron chi connectivity index (χ1n) is 4.96. The molecule has 2 atom stereocenters. The molecule has 1 aliphatic rings. The summed E-state index contributed by atoms with van der Waals surface area (Å²) < 4.78 is 0. The number of urea groups is 1. The van der Waals surface area contributed by atoms with Gasteiger partial charge in [-0.15, -0.1) is 11.3 Å². The molecule has 3 N–H and O–H groups in total. The van der Waals surface area contributed by atoms with Crippen molar-refractivity contribution in [1.29, 1.82) is 0 Å². The van der Waals surface area contributed by atoms with E-state index in [4.69, 9.17) is 5.11 Å². The van der Waals surface area contributed by atoms with E-state index in [0.29, 0.717) is 5.13 Å². The zero-order valence-electron chi connectivity index (χ0n) is 8.74. The number of amides is 2. The Bertz CT molecular complexity index is 422. The van der Waals surface area contributed by atoms with Crippen LogP contribution in [0.15, 0.2) is 11.6 Å². The molecular weight excluding hydrogens is 246 g/mol. The molecule has 17 heavy (non-hydrogen) atoms. The van der Waals surface area contributed by atoms with Crippen molar-refractivity contribution in [3.8, 4) is 0 Å². The minimum atomic E-state index is -1.11. The van der Waals surface area contributed by atoms with Gasteiger partial charge >= 0.3 is 12.0 Å². The van der Waals surface area contributed by atoms with Gasteiger partial charge in [-0.25, -0.2) is 14.6 Å². The van der Waals surface area contributed by atoms with Crippen LogP contribution in [0.2, 0.25) is 0 Å². The summed E-state index contributed by atoms with van der Waals surface area (Å²) in [6.07, 6.45) is 0.798. The SMILES string of the molecule is O=C(O)[C@@H]1C[C@@H](O)CN1C(=O)Nc1nccs1. The lowest BCUT2D eigenvalue weighted by Gasteiger charge is -2.20. The number of carboxylic acid groups (broad SMARTS) is 1. The molecule has 7 nitrogen and oxygen atoms in total. The molecule has 1 aromatic rings. The lowest BCUT2D eigenvalue weighted by Crippen LogP contribution is -2.43. The summed E-state index contributed by atoms with van der Waals surface area (Å²) in [5, 5.41) is 22.9. The maximum Gasteiger partial charge on any atom is 0.326 e. The van der Waals surface area contributed by atoms with Gasteiger partial charge in [0.1, 0.15) is 6.04 Å². The summed E-state index contributed by atoms with van der Waals surface area (Å²) in [5.74, 6) is -1.11. The fourth-order valence-electron chi connectivity index (χ4n) is 1.72. The van der Waals surface area contributed by atoms with Crippen LogP contribution in [0.1, 0.15) is 6.42 Å². The second-order valence-corrected chi connectivity index (χ2v) is 4.56. The van der Waals surface area contributed by atoms with Gasteiger partial charge in [-0.05, 0) is 0 Å². The number of aromatic nitrogens is 1. The molecule has 92 valence electrons. The number of nitrogens with one attached hydrogen (secondary N) is 1. The molecule has 2 heterocycles. The van der Waals surface area contributed by atoms with Gasteiger partial charge in [0.25, 0.3) is 0 Å². The first kappa shape index (κ1) is 11.8. The number of β-amino-alcohol motifs (C(OH)–C–C–N with tert-alkyl or cyclic N) is 1. The Kier molecular flexibility index (Phi) is 3.25. The molecule has 1 saturated heterocycles. The number of hydrogen-bond acceptors (Lipinski definition) is 5. The highest BCUT2D eigenvalue weighted by molar-refractivity contribution is 7.13. The predicted octanol–water partition coefficient (Wildman–Crippen LogP) is 0.195. The van der Waals surface area contributed by atoms with Crippen LogP contribution in [0.25, 0.3) is 0 Å². The third-order valence-corrected chi connectivity index (χ3v) is 3.16. The highest BCUT2D eigenvalue weighted by atomic mass is 32.1. The summed E-state index contributed by atoms with van der Waals surface area (Å²) in [6.45, 7) is 0.0220. The van der Waals surface area contributed by atoms with Crippen molar-refractivity contribution < 1.29 is 19.8 Å². The van der Waals surface area contributed by atoms with Gasteiger partial charge in [-0.1, -0.05) is 0 Å². The highest BCUT2D eigenvalue weighted by Crippen LogP contribution is 2.20. The third kappa shape index (κ3) is 2.53. The Morgan fingerprint density at radius 2 is 2.35 bits per heavy atom. The van der Waals surface area contributed by atoms with E-state index in [2.05, 4.69) is 10.3 Å². The molecule has 0 unspecified atom stereocenters. The van der Waals surface area contributed by atoms with Crippen LogP contribution in [-0.4, -0.2) is 50.8 Å². The van der Waals surface area contributed by atoms with E-state index in [-0.39, 0.29) is 13.0 Å². The summed E-state index contributed by atoms with van der Waals surface area (Å²) in [6, 6.07) is -1.53. The van der Waals surface area contributed by atoms with E-state index in [0.717, 1.165) is 4.90 Å². The molecular formula is C9H11N3O4S. The first-order chi connectivity index (χ1) is 8.08. The average Bonchev–Trinajstić information content (AvgIpc) is 2.86. The van der Waals surface area contributed by atoms with Gasteiger partial charge in [0.05, 0.1) is 6.10 Å². The molecule has 0 aliphatic carbocycles. The van der Waals surface area contributed by atoms with Crippen molar-refractivity contribution in [3.63, 3.8) is 0 Å². The molecule has 2 rings (SSSR count). The van der Waals surface area contributed by atoms with Crippen LogP contribution in [0.5, 0.6) is 0 Å². The van der Waals surface area contributed by atoms with E-state index in [1.165, 1.54) is 17.5 Å². The predicted molar refractivity (Wildman–Crippen MR) is 59.9 cm³/mol. The number of aliphatic carboxylic acids is 1. The van der Waals surface area contributed by atoms with Gasteiger partial charge in [-0.2, -0.15) is 0 Å². The lowest BCUT2D eigenvalue weighted by atomic mass is 10.2. The quantitative estimate of drug-likeness (QED) is 0.702. The first-order valence-corrected chi connectivity index (χ1v) is 5.84. The zero-order chi connectivity index (χ0) is 12.4. The van der Waals surface area contributed by atoms with Crippen molar-refractivity contribution in [2.75, 3.05) is 11.9 Å². The second kappa shape index (κ2) is 4.68. The number of aliphatic hydroxyl groups excluding tert-OH is 1. The van der Waals surface area contributed by atoms with Crippen LogP contribution in [0.4, 0.5) is 9.93 Å². The second-order valence-electron chi connectivity index (χ2n) is 3.66. The minimum Gasteiger partial charge on any atom is -0.480 e. The zero-order valence-corrected chi connectivity index (χ0v) is 9.55. The summed E-state index contributed by atoms with van der Waals surface area (Å²) >= 11 is 1.24.